The normalized spacial score (nSPS) is 20.7. The van der Waals surface area contributed by atoms with Crippen molar-refractivity contribution in [3.05, 3.63) is 12.7 Å². The molecule has 0 unspecified atom stereocenters. The van der Waals surface area contributed by atoms with Crippen LogP contribution in [0.25, 0.3) is 0 Å². The van der Waals surface area contributed by atoms with Crippen molar-refractivity contribution in [3.8, 4) is 0 Å². The van der Waals surface area contributed by atoms with Crippen molar-refractivity contribution in [2.75, 3.05) is 11.5 Å². The van der Waals surface area contributed by atoms with Crippen molar-refractivity contribution in [2.24, 2.45) is 0 Å². The number of hydrogen-bond donors (Lipinski definition) is 0. The van der Waals surface area contributed by atoms with Gasteiger partial charge in [-0.05, 0) is 24.0 Å². The van der Waals surface area contributed by atoms with Crippen LogP contribution in [0.3, 0.4) is 0 Å². The van der Waals surface area contributed by atoms with E-state index in [-0.39, 0.29) is 12.1 Å². The maximum absolute atomic E-state index is 10.8. The van der Waals surface area contributed by atoms with E-state index in [1.165, 1.54) is 13.3 Å². The topological polar surface area (TPSA) is 26.3 Å². The summed E-state index contributed by atoms with van der Waals surface area (Å²) in [4.78, 5) is 10.8. The van der Waals surface area contributed by atoms with Gasteiger partial charge in [0.1, 0.15) is 6.10 Å². The van der Waals surface area contributed by atoms with E-state index >= 15 is 0 Å². The fourth-order valence-corrected chi connectivity index (χ4v) is 4.05. The van der Waals surface area contributed by atoms with E-state index in [2.05, 4.69) is 6.58 Å². The third-order valence-electron chi connectivity index (χ3n) is 1.66. The molecule has 0 spiro atoms. The Morgan fingerprint density at radius 2 is 2.23 bits per heavy atom. The average Bonchev–Trinajstić information content (AvgIpc) is 2.15. The minimum absolute atomic E-state index is 0.132. The number of carbonyl (C=O) groups is 1. The van der Waals surface area contributed by atoms with Crippen LogP contribution in [0.15, 0.2) is 12.7 Å². The van der Waals surface area contributed by atoms with Crippen LogP contribution in [0.2, 0.25) is 0 Å². The summed E-state index contributed by atoms with van der Waals surface area (Å²) < 4.78 is 5.48. The second-order valence-corrected chi connectivity index (χ2v) is 5.57. The largest absolute Gasteiger partial charge is 0.456 e. The summed E-state index contributed by atoms with van der Waals surface area (Å²) in [5.74, 6) is 2.09. The first-order chi connectivity index (χ1) is 6.24. The Morgan fingerprint density at radius 1 is 1.62 bits per heavy atom. The smallest absolute Gasteiger partial charge is 0.303 e. The zero-order chi connectivity index (χ0) is 9.68. The summed E-state index contributed by atoms with van der Waals surface area (Å²) in [6, 6.07) is 0. The summed E-state index contributed by atoms with van der Waals surface area (Å²) in [7, 11) is 0. The van der Waals surface area contributed by atoms with Gasteiger partial charge in [0.05, 0.1) is 4.58 Å². The molecule has 0 aliphatic carbocycles. The Kier molecular flexibility index (Phi) is 4.73. The van der Waals surface area contributed by atoms with Crippen LogP contribution < -0.4 is 0 Å². The zero-order valence-corrected chi connectivity index (χ0v) is 9.33. The fraction of sp³-hybridized carbons (Fsp3) is 0.667. The predicted molar refractivity (Wildman–Crippen MR) is 59.1 cm³/mol. The van der Waals surface area contributed by atoms with E-state index in [0.717, 1.165) is 11.5 Å². The highest BCUT2D eigenvalue weighted by Gasteiger charge is 2.24. The van der Waals surface area contributed by atoms with Crippen molar-refractivity contribution in [3.63, 3.8) is 0 Å². The van der Waals surface area contributed by atoms with Crippen LogP contribution in [0.5, 0.6) is 0 Å². The SMILES string of the molecule is C=C[C@@H](OC(C)=O)C1SCCCS1. The molecule has 0 aromatic carbocycles. The molecule has 2 nitrogen and oxygen atoms in total. The van der Waals surface area contributed by atoms with Crippen LogP contribution in [0.4, 0.5) is 0 Å². The highest BCUT2D eigenvalue weighted by atomic mass is 32.2. The first-order valence-corrected chi connectivity index (χ1v) is 6.37. The lowest BCUT2D eigenvalue weighted by Crippen LogP contribution is -2.26. The number of carbonyl (C=O) groups excluding carboxylic acids is 1. The summed E-state index contributed by atoms with van der Waals surface area (Å²) in [5, 5.41) is 0. The number of ether oxygens (including phenoxy) is 1. The Morgan fingerprint density at radius 3 is 2.69 bits per heavy atom. The van der Waals surface area contributed by atoms with Gasteiger partial charge in [-0.2, -0.15) is 0 Å². The summed E-state index contributed by atoms with van der Waals surface area (Å²) in [6.45, 7) is 5.12. The van der Waals surface area contributed by atoms with Gasteiger partial charge < -0.3 is 4.74 Å². The van der Waals surface area contributed by atoms with Gasteiger partial charge in [0.15, 0.2) is 0 Å². The molecule has 0 saturated carbocycles. The molecule has 13 heavy (non-hydrogen) atoms. The van der Waals surface area contributed by atoms with Crippen molar-refractivity contribution >= 4 is 29.5 Å². The number of rotatable bonds is 3. The van der Waals surface area contributed by atoms with Crippen molar-refractivity contribution in [2.45, 2.75) is 24.0 Å². The molecule has 1 rings (SSSR count). The molecule has 1 atom stereocenters. The maximum Gasteiger partial charge on any atom is 0.303 e. The molecule has 1 aliphatic rings. The van der Waals surface area contributed by atoms with Crippen LogP contribution in [-0.4, -0.2) is 28.2 Å². The van der Waals surface area contributed by atoms with E-state index < -0.39 is 0 Å². The molecule has 0 bridgehead atoms. The third kappa shape index (κ3) is 3.65. The lowest BCUT2D eigenvalue weighted by atomic mass is 10.4. The fourth-order valence-electron chi connectivity index (χ4n) is 1.10. The monoisotopic (exact) mass is 218 g/mol. The highest BCUT2D eigenvalue weighted by molar-refractivity contribution is 8.17. The quantitative estimate of drug-likeness (QED) is 0.536. The molecular weight excluding hydrogens is 204 g/mol. The molecule has 0 amide bonds. The van der Waals surface area contributed by atoms with Gasteiger partial charge in [-0.25, -0.2) is 0 Å². The van der Waals surface area contributed by atoms with Crippen molar-refractivity contribution in [1.82, 2.24) is 0 Å². The lowest BCUT2D eigenvalue weighted by Gasteiger charge is -2.26. The second-order valence-electron chi connectivity index (χ2n) is 2.77. The van der Waals surface area contributed by atoms with Gasteiger partial charge in [0.2, 0.25) is 0 Å². The molecule has 1 heterocycles. The molecule has 0 N–H and O–H groups in total. The van der Waals surface area contributed by atoms with Crippen LogP contribution in [-0.2, 0) is 9.53 Å². The Hall–Kier alpha value is -0.0900. The van der Waals surface area contributed by atoms with Gasteiger partial charge in [-0.1, -0.05) is 6.58 Å². The summed E-state index contributed by atoms with van der Waals surface area (Å²) >= 11 is 3.70. The van der Waals surface area contributed by atoms with Crippen LogP contribution in [0.1, 0.15) is 13.3 Å². The summed E-state index contributed by atoms with van der Waals surface area (Å²) in [6.07, 6.45) is 2.83. The van der Waals surface area contributed by atoms with E-state index in [4.69, 9.17) is 4.74 Å². The van der Waals surface area contributed by atoms with Gasteiger partial charge in [-0.3, -0.25) is 4.79 Å². The first kappa shape index (κ1) is 11.0. The molecule has 74 valence electrons. The molecule has 1 fully saturated rings. The molecule has 0 aromatic heterocycles. The van der Waals surface area contributed by atoms with Gasteiger partial charge in [0.25, 0.3) is 0 Å². The maximum atomic E-state index is 10.8. The van der Waals surface area contributed by atoms with Gasteiger partial charge >= 0.3 is 5.97 Å². The van der Waals surface area contributed by atoms with Crippen LogP contribution in [0, 0.1) is 0 Å². The Balaban J connectivity index is 2.43. The number of hydrogen-bond acceptors (Lipinski definition) is 4. The minimum atomic E-state index is -0.225. The predicted octanol–water partition coefficient (Wildman–Crippen LogP) is 2.30. The third-order valence-corrected chi connectivity index (χ3v) is 4.71. The van der Waals surface area contributed by atoms with E-state index in [1.54, 1.807) is 6.08 Å². The Labute approximate surface area is 87.5 Å². The second kappa shape index (κ2) is 5.60. The van der Waals surface area contributed by atoms with Crippen molar-refractivity contribution in [1.29, 1.82) is 0 Å². The van der Waals surface area contributed by atoms with E-state index in [0.29, 0.717) is 4.58 Å². The average molecular weight is 218 g/mol. The lowest BCUT2D eigenvalue weighted by molar-refractivity contribution is -0.143. The first-order valence-electron chi connectivity index (χ1n) is 4.27. The van der Waals surface area contributed by atoms with E-state index in [1.807, 2.05) is 23.5 Å². The van der Waals surface area contributed by atoms with Gasteiger partial charge in [0, 0.05) is 6.92 Å². The number of esters is 1. The van der Waals surface area contributed by atoms with Gasteiger partial charge in [-0.15, -0.1) is 23.5 Å². The number of thioether (sulfide) groups is 2. The standard InChI is InChI=1S/C9H14O2S2/c1-3-8(11-7(2)10)9-12-5-4-6-13-9/h3,8-9H,1,4-6H2,2H3/t8-/m1/s1. The minimum Gasteiger partial charge on any atom is -0.456 e. The molecule has 1 saturated heterocycles. The molecule has 1 aliphatic heterocycles. The van der Waals surface area contributed by atoms with E-state index in [9.17, 15) is 4.79 Å². The molecule has 0 radical (unpaired) electrons. The van der Waals surface area contributed by atoms with Crippen molar-refractivity contribution < 1.29 is 9.53 Å². The van der Waals surface area contributed by atoms with Crippen LogP contribution >= 0.6 is 23.5 Å². The molecule has 0 aromatic rings. The zero-order valence-electron chi connectivity index (χ0n) is 7.69. The molecule has 4 heteroatoms. The summed E-state index contributed by atoms with van der Waals surface area (Å²) in [5.41, 5.74) is 0. The molecular formula is C9H14O2S2. The highest BCUT2D eigenvalue weighted by Crippen LogP contribution is 2.34. The Bertz CT molecular complexity index is 188.